The van der Waals surface area contributed by atoms with E-state index < -0.39 is 6.10 Å². The maximum Gasteiger partial charge on any atom is 0.266 e. The summed E-state index contributed by atoms with van der Waals surface area (Å²) in [5.74, 6) is 1.77. The van der Waals surface area contributed by atoms with Gasteiger partial charge < -0.3 is 10.1 Å². The van der Waals surface area contributed by atoms with Gasteiger partial charge in [-0.3, -0.25) is 4.79 Å². The van der Waals surface area contributed by atoms with Gasteiger partial charge >= 0.3 is 0 Å². The number of amides is 1. The number of hydrogen-bond acceptors (Lipinski definition) is 3. The molecule has 1 fully saturated rings. The first-order valence-corrected chi connectivity index (χ1v) is 8.19. The number of ether oxygens (including phenoxy) is 1. The number of halogens is 1. The molecular formula is C17H20ClN3O2. The Kier molecular flexibility index (Phi) is 4.57. The Morgan fingerprint density at radius 1 is 1.30 bits per heavy atom. The van der Waals surface area contributed by atoms with Crippen molar-refractivity contribution in [2.75, 3.05) is 5.32 Å². The molecule has 0 saturated heterocycles. The van der Waals surface area contributed by atoms with Gasteiger partial charge in [0.1, 0.15) is 11.6 Å². The van der Waals surface area contributed by atoms with Crippen LogP contribution in [0.2, 0.25) is 5.02 Å². The Balaban J connectivity index is 1.62. The van der Waals surface area contributed by atoms with Gasteiger partial charge in [-0.1, -0.05) is 11.6 Å². The molecule has 0 unspecified atom stereocenters. The summed E-state index contributed by atoms with van der Waals surface area (Å²) in [6, 6.07) is 9.05. The molecule has 1 aromatic carbocycles. The van der Waals surface area contributed by atoms with Crippen molar-refractivity contribution in [3.05, 3.63) is 41.6 Å². The topological polar surface area (TPSA) is 56.1 Å². The third kappa shape index (κ3) is 3.85. The van der Waals surface area contributed by atoms with Gasteiger partial charge in [0.25, 0.3) is 5.91 Å². The van der Waals surface area contributed by atoms with Gasteiger partial charge in [0, 0.05) is 11.1 Å². The van der Waals surface area contributed by atoms with Crippen LogP contribution in [0.3, 0.4) is 0 Å². The van der Waals surface area contributed by atoms with Crippen molar-refractivity contribution in [3.8, 4) is 5.75 Å². The summed E-state index contributed by atoms with van der Waals surface area (Å²) in [4.78, 5) is 12.3. The fourth-order valence-corrected chi connectivity index (χ4v) is 2.64. The molecule has 122 valence electrons. The van der Waals surface area contributed by atoms with Crippen LogP contribution >= 0.6 is 11.6 Å². The quantitative estimate of drug-likeness (QED) is 0.871. The lowest BCUT2D eigenvalue weighted by atomic mass is 10.2. The van der Waals surface area contributed by atoms with Crippen LogP contribution in [-0.4, -0.2) is 21.8 Å². The molecule has 1 amide bonds. The molecular weight excluding hydrogens is 314 g/mol. The second-order valence-corrected chi connectivity index (χ2v) is 6.38. The standard InChI is InChI=1S/C17H20ClN3O2/c1-11(13-3-4-13)21-16(9-10-19-21)20-17(22)12(2)23-15-7-5-14(18)6-8-15/h5-13H,3-4H2,1-2H3,(H,20,22)/t11-,12+/m0/s1. The lowest BCUT2D eigenvalue weighted by molar-refractivity contribution is -0.122. The number of rotatable bonds is 6. The minimum absolute atomic E-state index is 0.204. The van der Waals surface area contributed by atoms with Crippen LogP contribution < -0.4 is 10.1 Å². The Labute approximate surface area is 140 Å². The summed E-state index contributed by atoms with van der Waals surface area (Å²) in [5.41, 5.74) is 0. The molecule has 0 bridgehead atoms. The van der Waals surface area contributed by atoms with Gasteiger partial charge in [-0.05, 0) is 56.9 Å². The first kappa shape index (κ1) is 15.9. The van der Waals surface area contributed by atoms with E-state index in [9.17, 15) is 4.79 Å². The average Bonchev–Trinajstić information content (AvgIpc) is 3.29. The molecule has 1 saturated carbocycles. The third-order valence-electron chi connectivity index (χ3n) is 4.11. The van der Waals surface area contributed by atoms with Crippen molar-refractivity contribution in [2.45, 2.75) is 38.8 Å². The predicted molar refractivity (Wildman–Crippen MR) is 89.8 cm³/mol. The number of anilines is 1. The van der Waals surface area contributed by atoms with E-state index in [1.165, 1.54) is 12.8 Å². The molecule has 6 heteroatoms. The number of benzene rings is 1. The summed E-state index contributed by atoms with van der Waals surface area (Å²) in [6.45, 7) is 3.85. The van der Waals surface area contributed by atoms with Crippen molar-refractivity contribution < 1.29 is 9.53 Å². The highest BCUT2D eigenvalue weighted by Gasteiger charge is 2.31. The van der Waals surface area contributed by atoms with Crippen molar-refractivity contribution in [1.82, 2.24) is 9.78 Å². The predicted octanol–water partition coefficient (Wildman–Crippen LogP) is 3.91. The second kappa shape index (κ2) is 6.62. The normalized spacial score (nSPS) is 16.7. The average molecular weight is 334 g/mol. The van der Waals surface area contributed by atoms with Crippen LogP contribution in [0.1, 0.15) is 32.7 Å². The van der Waals surface area contributed by atoms with Crippen molar-refractivity contribution >= 4 is 23.3 Å². The van der Waals surface area contributed by atoms with Crippen LogP contribution in [0.15, 0.2) is 36.5 Å². The zero-order chi connectivity index (χ0) is 16.4. The molecule has 0 radical (unpaired) electrons. The lowest BCUT2D eigenvalue weighted by Crippen LogP contribution is -2.31. The SMILES string of the molecule is C[C@@H](Oc1ccc(Cl)cc1)C(=O)Nc1ccnn1[C@@H](C)C1CC1. The molecule has 1 aliphatic rings. The van der Waals surface area contributed by atoms with Crippen LogP contribution in [0.25, 0.3) is 0 Å². The van der Waals surface area contributed by atoms with Crippen molar-refractivity contribution in [2.24, 2.45) is 5.92 Å². The molecule has 1 aliphatic carbocycles. The number of nitrogens with one attached hydrogen (secondary N) is 1. The summed E-state index contributed by atoms with van der Waals surface area (Å²) < 4.78 is 7.52. The Morgan fingerprint density at radius 2 is 2.00 bits per heavy atom. The van der Waals surface area contributed by atoms with E-state index in [1.54, 1.807) is 37.4 Å². The molecule has 1 N–H and O–H groups in total. The zero-order valence-corrected chi connectivity index (χ0v) is 14.0. The van der Waals surface area contributed by atoms with Crippen LogP contribution in [0.4, 0.5) is 5.82 Å². The Bertz CT molecular complexity index is 679. The van der Waals surface area contributed by atoms with Crippen LogP contribution in [0.5, 0.6) is 5.75 Å². The minimum atomic E-state index is -0.615. The van der Waals surface area contributed by atoms with Crippen molar-refractivity contribution in [3.63, 3.8) is 0 Å². The Morgan fingerprint density at radius 3 is 2.65 bits per heavy atom. The number of aromatic nitrogens is 2. The first-order chi connectivity index (χ1) is 11.0. The molecule has 1 aromatic heterocycles. The molecule has 1 heterocycles. The zero-order valence-electron chi connectivity index (χ0n) is 13.2. The van der Waals surface area contributed by atoms with Crippen LogP contribution in [-0.2, 0) is 4.79 Å². The van der Waals surface area contributed by atoms with E-state index >= 15 is 0 Å². The first-order valence-electron chi connectivity index (χ1n) is 7.81. The molecule has 0 spiro atoms. The van der Waals surface area contributed by atoms with E-state index in [2.05, 4.69) is 17.3 Å². The van der Waals surface area contributed by atoms with Gasteiger partial charge in [0.05, 0.1) is 12.2 Å². The summed E-state index contributed by atoms with van der Waals surface area (Å²) >= 11 is 5.84. The summed E-state index contributed by atoms with van der Waals surface area (Å²) in [7, 11) is 0. The number of carbonyl (C=O) groups is 1. The molecule has 2 atom stereocenters. The summed E-state index contributed by atoms with van der Waals surface area (Å²) in [6.07, 6.45) is 3.55. The Hall–Kier alpha value is -2.01. The monoisotopic (exact) mass is 333 g/mol. The van der Waals surface area contributed by atoms with Gasteiger partial charge in [0.2, 0.25) is 0 Å². The number of carbonyl (C=O) groups excluding carboxylic acids is 1. The van der Waals surface area contributed by atoms with E-state index in [0.717, 1.165) is 0 Å². The van der Waals surface area contributed by atoms with Gasteiger partial charge in [-0.2, -0.15) is 5.10 Å². The minimum Gasteiger partial charge on any atom is -0.481 e. The molecule has 2 aromatic rings. The van der Waals surface area contributed by atoms with E-state index in [1.807, 2.05) is 10.7 Å². The lowest BCUT2D eigenvalue weighted by Gasteiger charge is -2.18. The molecule has 23 heavy (non-hydrogen) atoms. The van der Waals surface area contributed by atoms with Gasteiger partial charge in [0.15, 0.2) is 6.10 Å². The molecule has 0 aliphatic heterocycles. The maximum absolute atomic E-state index is 12.3. The smallest absolute Gasteiger partial charge is 0.266 e. The maximum atomic E-state index is 12.3. The largest absolute Gasteiger partial charge is 0.481 e. The van der Waals surface area contributed by atoms with E-state index in [4.69, 9.17) is 16.3 Å². The van der Waals surface area contributed by atoms with Gasteiger partial charge in [-0.25, -0.2) is 4.68 Å². The van der Waals surface area contributed by atoms with E-state index in [-0.39, 0.29) is 5.91 Å². The van der Waals surface area contributed by atoms with E-state index in [0.29, 0.717) is 28.5 Å². The highest BCUT2D eigenvalue weighted by molar-refractivity contribution is 6.30. The number of nitrogens with zero attached hydrogens (tertiary/aromatic N) is 2. The highest BCUT2D eigenvalue weighted by Crippen LogP contribution is 2.40. The highest BCUT2D eigenvalue weighted by atomic mass is 35.5. The summed E-state index contributed by atoms with van der Waals surface area (Å²) in [5, 5.41) is 7.86. The molecule has 3 rings (SSSR count). The second-order valence-electron chi connectivity index (χ2n) is 5.94. The van der Waals surface area contributed by atoms with Crippen LogP contribution in [0, 0.1) is 5.92 Å². The number of hydrogen-bond donors (Lipinski definition) is 1. The fourth-order valence-electron chi connectivity index (χ4n) is 2.51. The molecule has 5 nitrogen and oxygen atoms in total. The van der Waals surface area contributed by atoms with Gasteiger partial charge in [-0.15, -0.1) is 0 Å². The van der Waals surface area contributed by atoms with Crippen molar-refractivity contribution in [1.29, 1.82) is 0 Å². The fraction of sp³-hybridized carbons (Fsp3) is 0.412. The third-order valence-corrected chi connectivity index (χ3v) is 4.36.